The molecule has 21 heavy (non-hydrogen) atoms. The molecule has 102 valence electrons. The maximum Gasteiger partial charge on any atom is 0.151 e. The highest BCUT2D eigenvalue weighted by molar-refractivity contribution is 5.80. The van der Waals surface area contributed by atoms with Crippen molar-refractivity contribution in [3.63, 3.8) is 0 Å². The number of benzene rings is 2. The van der Waals surface area contributed by atoms with E-state index in [1.807, 2.05) is 18.2 Å². The molecule has 1 aliphatic rings. The second kappa shape index (κ2) is 4.67. The standard InChI is InChI=1S/C19H15NO/c1-14-8-10-15(11-9-14)19-13-16-5-4-12-20(16)17-6-2-3-7-18(17)21-19/h2-13H,1H3. The number of ether oxygens (including phenoxy) is 1. The zero-order valence-electron chi connectivity index (χ0n) is 11.8. The van der Waals surface area contributed by atoms with E-state index < -0.39 is 0 Å². The number of rotatable bonds is 1. The van der Waals surface area contributed by atoms with E-state index in [1.165, 1.54) is 5.56 Å². The van der Waals surface area contributed by atoms with Crippen molar-refractivity contribution in [2.45, 2.75) is 6.92 Å². The van der Waals surface area contributed by atoms with E-state index in [2.05, 4.69) is 66.2 Å². The van der Waals surface area contributed by atoms with Gasteiger partial charge in [-0.15, -0.1) is 0 Å². The molecule has 0 atom stereocenters. The minimum absolute atomic E-state index is 0.874. The third-order valence-corrected chi connectivity index (χ3v) is 3.74. The van der Waals surface area contributed by atoms with Gasteiger partial charge in [0, 0.05) is 23.5 Å². The highest BCUT2D eigenvalue weighted by Crippen LogP contribution is 2.33. The first-order valence-corrected chi connectivity index (χ1v) is 7.05. The van der Waals surface area contributed by atoms with Gasteiger partial charge in [0.25, 0.3) is 0 Å². The van der Waals surface area contributed by atoms with E-state index in [9.17, 15) is 0 Å². The topological polar surface area (TPSA) is 14.2 Å². The number of hydrogen-bond acceptors (Lipinski definition) is 1. The minimum atomic E-state index is 0.874. The molecule has 2 heteroatoms. The van der Waals surface area contributed by atoms with Crippen molar-refractivity contribution in [2.75, 3.05) is 0 Å². The molecule has 0 unspecified atom stereocenters. The Labute approximate surface area is 123 Å². The van der Waals surface area contributed by atoms with Crippen LogP contribution >= 0.6 is 0 Å². The maximum absolute atomic E-state index is 6.16. The normalized spacial score (nSPS) is 12.7. The molecule has 0 aliphatic carbocycles. The smallest absolute Gasteiger partial charge is 0.151 e. The largest absolute Gasteiger partial charge is 0.454 e. The first-order valence-electron chi connectivity index (χ1n) is 7.05. The molecule has 2 nitrogen and oxygen atoms in total. The second-order valence-corrected chi connectivity index (χ2v) is 5.25. The monoisotopic (exact) mass is 273 g/mol. The van der Waals surface area contributed by atoms with Gasteiger partial charge in [0.05, 0.1) is 5.69 Å². The summed E-state index contributed by atoms with van der Waals surface area (Å²) in [6.07, 6.45) is 4.15. The third kappa shape index (κ3) is 2.05. The molecule has 2 heterocycles. The van der Waals surface area contributed by atoms with Crippen molar-refractivity contribution in [1.29, 1.82) is 0 Å². The predicted octanol–water partition coefficient (Wildman–Crippen LogP) is 4.68. The van der Waals surface area contributed by atoms with Crippen LogP contribution < -0.4 is 4.74 Å². The van der Waals surface area contributed by atoms with Crippen LogP contribution in [-0.4, -0.2) is 4.57 Å². The lowest BCUT2D eigenvalue weighted by Crippen LogP contribution is -1.96. The Morgan fingerprint density at radius 3 is 2.52 bits per heavy atom. The summed E-state index contributed by atoms with van der Waals surface area (Å²) in [6, 6.07) is 20.7. The average molecular weight is 273 g/mol. The quantitative estimate of drug-likeness (QED) is 0.628. The van der Waals surface area contributed by atoms with Crippen LogP contribution in [-0.2, 0) is 0 Å². The Morgan fingerprint density at radius 1 is 0.857 bits per heavy atom. The van der Waals surface area contributed by atoms with Gasteiger partial charge in [-0.05, 0) is 31.2 Å². The first-order chi connectivity index (χ1) is 10.3. The van der Waals surface area contributed by atoms with Gasteiger partial charge in [0.15, 0.2) is 5.75 Å². The fraction of sp³-hybridized carbons (Fsp3) is 0.0526. The fourth-order valence-corrected chi connectivity index (χ4v) is 2.62. The van der Waals surface area contributed by atoms with Gasteiger partial charge in [-0.1, -0.05) is 42.0 Å². The third-order valence-electron chi connectivity index (χ3n) is 3.74. The summed E-state index contributed by atoms with van der Waals surface area (Å²) in [5.74, 6) is 1.75. The molecule has 4 rings (SSSR count). The minimum Gasteiger partial charge on any atom is -0.454 e. The van der Waals surface area contributed by atoms with Crippen molar-refractivity contribution in [2.24, 2.45) is 0 Å². The average Bonchev–Trinajstić information content (AvgIpc) is 2.90. The molecule has 3 aromatic rings. The van der Waals surface area contributed by atoms with E-state index in [4.69, 9.17) is 4.74 Å². The molecular weight excluding hydrogens is 258 g/mol. The molecule has 0 fully saturated rings. The molecule has 0 spiro atoms. The molecule has 0 amide bonds. The van der Waals surface area contributed by atoms with Crippen molar-refractivity contribution in [3.8, 4) is 11.4 Å². The Kier molecular flexibility index (Phi) is 2.68. The lowest BCUT2D eigenvalue weighted by atomic mass is 10.1. The molecule has 0 saturated carbocycles. The highest BCUT2D eigenvalue weighted by Gasteiger charge is 2.16. The summed E-state index contributed by atoms with van der Waals surface area (Å²) in [5.41, 5.74) is 4.52. The van der Waals surface area contributed by atoms with Gasteiger partial charge in [0.2, 0.25) is 0 Å². The van der Waals surface area contributed by atoms with Crippen LogP contribution in [0.2, 0.25) is 0 Å². The maximum atomic E-state index is 6.16. The predicted molar refractivity (Wildman–Crippen MR) is 85.4 cm³/mol. The summed E-state index contributed by atoms with van der Waals surface area (Å²) in [6.45, 7) is 2.09. The number of hydrogen-bond donors (Lipinski definition) is 0. The van der Waals surface area contributed by atoms with E-state index in [0.29, 0.717) is 0 Å². The second-order valence-electron chi connectivity index (χ2n) is 5.25. The summed E-state index contributed by atoms with van der Waals surface area (Å²) in [5, 5.41) is 0. The zero-order valence-corrected chi connectivity index (χ0v) is 11.8. The van der Waals surface area contributed by atoms with Crippen LogP contribution in [0.4, 0.5) is 0 Å². The molecule has 0 radical (unpaired) electrons. The molecule has 2 aromatic carbocycles. The van der Waals surface area contributed by atoms with Crippen molar-refractivity contribution in [1.82, 2.24) is 4.57 Å². The Balaban J connectivity index is 1.90. The van der Waals surface area contributed by atoms with Gasteiger partial charge >= 0.3 is 0 Å². The van der Waals surface area contributed by atoms with Gasteiger partial charge in [-0.25, -0.2) is 0 Å². The van der Waals surface area contributed by atoms with Gasteiger partial charge in [-0.2, -0.15) is 0 Å². The Morgan fingerprint density at radius 2 is 1.67 bits per heavy atom. The van der Waals surface area contributed by atoms with Gasteiger partial charge in [-0.3, -0.25) is 0 Å². The number of aryl methyl sites for hydroxylation is 1. The van der Waals surface area contributed by atoms with E-state index in [1.54, 1.807) is 0 Å². The summed E-state index contributed by atoms with van der Waals surface area (Å²) >= 11 is 0. The van der Waals surface area contributed by atoms with Crippen LogP contribution in [0.15, 0.2) is 66.9 Å². The van der Waals surface area contributed by atoms with E-state index in [0.717, 1.165) is 28.5 Å². The summed E-state index contributed by atoms with van der Waals surface area (Å²) in [7, 11) is 0. The van der Waals surface area contributed by atoms with Crippen molar-refractivity contribution >= 4 is 11.8 Å². The van der Waals surface area contributed by atoms with Crippen LogP contribution in [0.1, 0.15) is 16.8 Å². The molecule has 0 saturated heterocycles. The van der Waals surface area contributed by atoms with Crippen LogP contribution in [0.3, 0.4) is 0 Å². The van der Waals surface area contributed by atoms with Gasteiger partial charge in [0.1, 0.15) is 5.76 Å². The number of fused-ring (bicyclic) bond motifs is 3. The molecular formula is C19H15NO. The SMILES string of the molecule is Cc1ccc(C2=Cc3cccn3-c3ccccc3O2)cc1. The zero-order chi connectivity index (χ0) is 14.2. The Hall–Kier alpha value is -2.74. The molecule has 0 bridgehead atoms. The van der Waals surface area contributed by atoms with E-state index in [-0.39, 0.29) is 0 Å². The van der Waals surface area contributed by atoms with Crippen LogP contribution in [0.25, 0.3) is 17.5 Å². The molecule has 0 N–H and O–H groups in total. The number of aromatic nitrogens is 1. The molecule has 1 aliphatic heterocycles. The van der Waals surface area contributed by atoms with E-state index >= 15 is 0 Å². The van der Waals surface area contributed by atoms with Crippen LogP contribution in [0.5, 0.6) is 5.75 Å². The lowest BCUT2D eigenvalue weighted by molar-refractivity contribution is 0.517. The molecule has 1 aromatic heterocycles. The summed E-state index contributed by atoms with van der Waals surface area (Å²) < 4.78 is 8.31. The number of para-hydroxylation sites is 2. The van der Waals surface area contributed by atoms with Crippen molar-refractivity contribution < 1.29 is 4.74 Å². The Bertz CT molecular complexity index is 825. The fourth-order valence-electron chi connectivity index (χ4n) is 2.62. The lowest BCUT2D eigenvalue weighted by Gasteiger charge is -2.11. The summed E-state index contributed by atoms with van der Waals surface area (Å²) in [4.78, 5) is 0. The van der Waals surface area contributed by atoms with Crippen LogP contribution in [0, 0.1) is 6.92 Å². The van der Waals surface area contributed by atoms with Crippen molar-refractivity contribution in [3.05, 3.63) is 83.7 Å². The highest BCUT2D eigenvalue weighted by atomic mass is 16.5. The number of nitrogens with zero attached hydrogens (tertiary/aromatic N) is 1. The first kappa shape index (κ1) is 12.0. The van der Waals surface area contributed by atoms with Gasteiger partial charge < -0.3 is 9.30 Å².